The summed E-state index contributed by atoms with van der Waals surface area (Å²) in [7, 11) is 0. The Balaban J connectivity index is 1.32. The first-order valence-corrected chi connectivity index (χ1v) is 15.5. The summed E-state index contributed by atoms with van der Waals surface area (Å²) < 4.78 is 89.1. The second-order valence-corrected chi connectivity index (χ2v) is 12.9. The average molecular weight is 695 g/mol. The van der Waals surface area contributed by atoms with Crippen LogP contribution in [0.1, 0.15) is 72.6 Å². The van der Waals surface area contributed by atoms with Gasteiger partial charge in [0.2, 0.25) is 11.9 Å². The Hall–Kier alpha value is -5.43. The number of aromatic nitrogens is 6. The van der Waals surface area contributed by atoms with Gasteiger partial charge in [-0.1, -0.05) is 5.92 Å². The predicted molar refractivity (Wildman–Crippen MR) is 167 cm³/mol. The van der Waals surface area contributed by atoms with Crippen molar-refractivity contribution in [3.05, 3.63) is 94.2 Å². The lowest BCUT2D eigenvalue weighted by Gasteiger charge is -2.23. The second kappa shape index (κ2) is 11.9. The van der Waals surface area contributed by atoms with Crippen molar-refractivity contribution in [2.45, 2.75) is 63.1 Å². The lowest BCUT2D eigenvalue weighted by molar-refractivity contribution is -0.123. The van der Waals surface area contributed by atoms with Crippen LogP contribution in [-0.4, -0.2) is 46.0 Å². The van der Waals surface area contributed by atoms with Crippen molar-refractivity contribution < 1.29 is 36.2 Å². The zero-order valence-corrected chi connectivity index (χ0v) is 26.4. The van der Waals surface area contributed by atoms with E-state index in [-0.39, 0.29) is 41.3 Å². The van der Waals surface area contributed by atoms with E-state index in [0.29, 0.717) is 27.5 Å². The Bertz CT molecular complexity index is 2210. The molecule has 0 aliphatic heterocycles. The number of nitrogens with one attached hydrogen (secondary N) is 1. The third kappa shape index (κ3) is 6.13. The first kappa shape index (κ1) is 33.1. The van der Waals surface area contributed by atoms with E-state index in [1.54, 1.807) is 30.5 Å². The molecule has 0 saturated heterocycles. The van der Waals surface area contributed by atoms with E-state index in [0.717, 1.165) is 12.1 Å². The first-order chi connectivity index (χ1) is 23.6. The minimum atomic E-state index is -3.45. The maximum absolute atomic E-state index is 15.2. The molecule has 0 bridgehead atoms. The average Bonchev–Trinajstić information content (AvgIpc) is 3.55. The minimum absolute atomic E-state index is 0.0532. The predicted octanol–water partition coefficient (Wildman–Crippen LogP) is 5.22. The van der Waals surface area contributed by atoms with Crippen LogP contribution in [0.2, 0.25) is 0 Å². The smallest absolute Gasteiger partial charge is 0.293 e. The zero-order valence-electron chi connectivity index (χ0n) is 26.4. The van der Waals surface area contributed by atoms with Crippen LogP contribution in [0.4, 0.5) is 32.3 Å². The number of fused-ring (bicyclic) bond motifs is 4. The van der Waals surface area contributed by atoms with E-state index in [1.165, 1.54) is 18.2 Å². The van der Waals surface area contributed by atoms with Crippen LogP contribution in [0.5, 0.6) is 0 Å². The van der Waals surface area contributed by atoms with Gasteiger partial charge in [0.05, 0.1) is 11.7 Å². The summed E-state index contributed by atoms with van der Waals surface area (Å²) in [4.78, 5) is 18.4. The minimum Gasteiger partial charge on any atom is -0.378 e. The highest BCUT2D eigenvalue weighted by molar-refractivity contribution is 5.77. The molecule has 4 heterocycles. The Morgan fingerprint density at radius 1 is 1.12 bits per heavy atom. The molecule has 1 fully saturated rings. The highest BCUT2D eigenvalue weighted by Gasteiger charge is 2.67. The Labute approximate surface area is 280 Å². The lowest BCUT2D eigenvalue weighted by atomic mass is 9.95. The molecule has 4 aromatic heterocycles. The summed E-state index contributed by atoms with van der Waals surface area (Å²) in [5.74, 6) is -2.52. The maximum Gasteiger partial charge on any atom is 0.293 e. The standard InChI is InChI=1S/C34H28F6N8O2/c1-33(2,50)8-7-20-4-5-21(17-3-6-25-44-45-32(41)47(25)14-17)28(42-20)24(11-16-9-18(35)12-19(36)10-16)43-26(49)15-48-30-27(29(46-48)31(37)38)22-13-23(22)34(30,39)40/h3-6,9-10,12,14,22-24,31,50H,11,13,15H2,1-2H3,(H2,41,45)(H,43,49)/t22-,23+,24-/m0/s1. The van der Waals surface area contributed by atoms with Gasteiger partial charge in [-0.2, -0.15) is 13.9 Å². The number of halogens is 6. The SMILES string of the molecule is CC(C)(O)C#Cc1ccc(-c2ccc3nnc(N)n3c2)c([C@H](Cc2cc(F)cc(F)c2)NC(=O)Cn2nc(C(F)F)c3c2C(F)(F)[C@@H]2C[C@H]32)n1. The number of pyridine rings is 2. The van der Waals surface area contributed by atoms with Crippen molar-refractivity contribution in [3.8, 4) is 23.0 Å². The molecular weight excluding hydrogens is 666 g/mol. The van der Waals surface area contributed by atoms with Gasteiger partial charge in [0.15, 0.2) is 5.65 Å². The number of carbonyl (C=O) groups excluding carboxylic acids is 1. The third-order valence-corrected chi connectivity index (χ3v) is 8.65. The van der Waals surface area contributed by atoms with Gasteiger partial charge >= 0.3 is 0 Å². The first-order valence-electron chi connectivity index (χ1n) is 15.5. The number of rotatable bonds is 8. The molecule has 50 heavy (non-hydrogen) atoms. The number of anilines is 1. The number of aliphatic hydroxyl groups is 1. The molecule has 2 aliphatic rings. The number of hydrogen-bond acceptors (Lipinski definition) is 7. The number of nitrogens with two attached hydrogens (primary N) is 1. The van der Waals surface area contributed by atoms with Crippen molar-refractivity contribution >= 4 is 17.5 Å². The maximum atomic E-state index is 15.2. The number of carbonyl (C=O) groups is 1. The van der Waals surface area contributed by atoms with Crippen molar-refractivity contribution in [1.82, 2.24) is 34.7 Å². The van der Waals surface area contributed by atoms with Gasteiger partial charge in [-0.05, 0) is 80.5 Å². The van der Waals surface area contributed by atoms with E-state index < -0.39 is 71.3 Å². The summed E-state index contributed by atoms with van der Waals surface area (Å²) in [5, 5.41) is 24.5. The van der Waals surface area contributed by atoms with Gasteiger partial charge in [-0.3, -0.25) is 13.9 Å². The van der Waals surface area contributed by atoms with Crippen LogP contribution in [0, 0.1) is 29.4 Å². The van der Waals surface area contributed by atoms with E-state index in [4.69, 9.17) is 5.73 Å². The largest absolute Gasteiger partial charge is 0.378 e. The van der Waals surface area contributed by atoms with Crippen molar-refractivity contribution in [2.24, 2.45) is 5.92 Å². The van der Waals surface area contributed by atoms with Gasteiger partial charge in [0.1, 0.15) is 40.9 Å². The highest BCUT2D eigenvalue weighted by Crippen LogP contribution is 2.68. The Kier molecular flexibility index (Phi) is 7.85. The Morgan fingerprint density at radius 2 is 1.86 bits per heavy atom. The summed E-state index contributed by atoms with van der Waals surface area (Å²) >= 11 is 0. The molecule has 1 aromatic carbocycles. The normalized spacial score (nSPS) is 18.0. The van der Waals surface area contributed by atoms with Crippen LogP contribution >= 0.6 is 0 Å². The van der Waals surface area contributed by atoms with E-state index in [1.807, 2.05) is 0 Å². The van der Waals surface area contributed by atoms with Crippen LogP contribution < -0.4 is 11.1 Å². The number of hydrogen-bond donors (Lipinski definition) is 3. The summed E-state index contributed by atoms with van der Waals surface area (Å²) in [6.07, 6.45) is -1.71. The fourth-order valence-corrected chi connectivity index (χ4v) is 6.47. The zero-order chi connectivity index (χ0) is 35.7. The summed E-state index contributed by atoms with van der Waals surface area (Å²) in [6, 6.07) is 8.11. The fraction of sp³-hybridized carbons (Fsp3) is 0.324. The molecule has 7 rings (SSSR count). The summed E-state index contributed by atoms with van der Waals surface area (Å²) in [6.45, 7) is 2.08. The van der Waals surface area contributed by atoms with E-state index in [2.05, 4.69) is 37.4 Å². The molecule has 2 aliphatic carbocycles. The summed E-state index contributed by atoms with van der Waals surface area (Å²) in [5.41, 5.74) is 4.61. The highest BCUT2D eigenvalue weighted by atomic mass is 19.3. The molecule has 3 atom stereocenters. The monoisotopic (exact) mass is 694 g/mol. The molecule has 1 amide bonds. The second-order valence-electron chi connectivity index (χ2n) is 12.9. The molecule has 4 N–H and O–H groups in total. The number of alkyl halides is 4. The van der Waals surface area contributed by atoms with Gasteiger partial charge in [0.25, 0.3) is 12.3 Å². The van der Waals surface area contributed by atoms with E-state index in [9.17, 15) is 27.5 Å². The molecule has 258 valence electrons. The van der Waals surface area contributed by atoms with Gasteiger partial charge < -0.3 is 16.2 Å². The topological polar surface area (TPSA) is 136 Å². The van der Waals surface area contributed by atoms with Crippen molar-refractivity contribution in [2.75, 3.05) is 5.73 Å². The van der Waals surface area contributed by atoms with Crippen LogP contribution in [0.15, 0.2) is 48.7 Å². The van der Waals surface area contributed by atoms with Crippen LogP contribution in [0.3, 0.4) is 0 Å². The van der Waals surface area contributed by atoms with Gasteiger partial charge in [-0.25, -0.2) is 22.5 Å². The molecule has 10 nitrogen and oxygen atoms in total. The number of nitrogen functional groups attached to an aromatic ring is 1. The van der Waals surface area contributed by atoms with Gasteiger partial charge in [-0.15, -0.1) is 10.2 Å². The van der Waals surface area contributed by atoms with Crippen molar-refractivity contribution in [1.29, 1.82) is 0 Å². The lowest BCUT2D eigenvalue weighted by Crippen LogP contribution is -2.35. The molecule has 0 unspecified atom stereocenters. The molecule has 16 heteroatoms. The van der Waals surface area contributed by atoms with Crippen LogP contribution in [0.25, 0.3) is 16.8 Å². The molecule has 0 spiro atoms. The fourth-order valence-electron chi connectivity index (χ4n) is 6.47. The molecule has 0 radical (unpaired) electrons. The number of amides is 1. The van der Waals surface area contributed by atoms with E-state index >= 15 is 8.78 Å². The quantitative estimate of drug-likeness (QED) is 0.150. The molecule has 5 aromatic rings. The third-order valence-electron chi connectivity index (χ3n) is 8.65. The number of nitrogens with zero attached hydrogens (tertiary/aromatic N) is 6. The van der Waals surface area contributed by atoms with Crippen molar-refractivity contribution in [3.63, 3.8) is 0 Å². The molecular formula is C34H28F6N8O2. The van der Waals surface area contributed by atoms with Crippen LogP contribution in [-0.2, 0) is 23.7 Å². The number of benzene rings is 1. The Morgan fingerprint density at radius 3 is 2.56 bits per heavy atom. The van der Waals surface area contributed by atoms with Gasteiger partial charge in [0, 0.05) is 34.9 Å². The molecule has 1 saturated carbocycles.